The summed E-state index contributed by atoms with van der Waals surface area (Å²) >= 11 is 0. The second kappa shape index (κ2) is 8.44. The average Bonchev–Trinajstić information content (AvgIpc) is 3.04. The minimum Gasteiger partial charge on any atom is -0.390 e. The minimum atomic E-state index is -0.579. The topological polar surface area (TPSA) is 75.2 Å². The number of benzene rings is 1. The number of rotatable bonds is 8. The zero-order valence-electron chi connectivity index (χ0n) is 15.1. The fraction of sp³-hybridized carbons (Fsp3) is 0.667. The highest BCUT2D eigenvalue weighted by Crippen LogP contribution is 2.28. The van der Waals surface area contributed by atoms with E-state index in [1.807, 2.05) is 14.1 Å². The maximum absolute atomic E-state index is 10.8. The molecule has 0 aromatic heterocycles. The first-order valence-corrected chi connectivity index (χ1v) is 8.77. The van der Waals surface area contributed by atoms with E-state index in [-0.39, 0.29) is 18.2 Å². The maximum Gasteiger partial charge on any atom is 0.176 e. The zero-order chi connectivity index (χ0) is 17.8. The van der Waals surface area contributed by atoms with Gasteiger partial charge in [0.15, 0.2) is 6.29 Å². The van der Waals surface area contributed by atoms with Crippen LogP contribution in [0.1, 0.15) is 5.56 Å². The van der Waals surface area contributed by atoms with Gasteiger partial charge in [0.05, 0.1) is 31.4 Å². The lowest BCUT2D eigenvalue weighted by Crippen LogP contribution is -2.63. The summed E-state index contributed by atoms with van der Waals surface area (Å²) in [4.78, 5) is 2.07. The minimum absolute atomic E-state index is 0.124. The van der Waals surface area contributed by atoms with Gasteiger partial charge in [0, 0.05) is 40.0 Å². The number of hydrogen-bond donors (Lipinski definition) is 3. The number of nitrogens with one attached hydrogen (secondary N) is 2. The van der Waals surface area contributed by atoms with Gasteiger partial charge in [0.1, 0.15) is 6.10 Å². The van der Waals surface area contributed by atoms with Gasteiger partial charge in [0.2, 0.25) is 0 Å². The molecule has 0 radical (unpaired) electrons. The first-order valence-electron chi connectivity index (χ1n) is 8.77. The van der Waals surface area contributed by atoms with Gasteiger partial charge in [-0.25, -0.2) is 0 Å². The normalized spacial score (nSPS) is 31.3. The van der Waals surface area contributed by atoms with Crippen LogP contribution in [-0.2, 0) is 20.8 Å². The third-order valence-electron chi connectivity index (χ3n) is 4.84. The summed E-state index contributed by atoms with van der Waals surface area (Å²) in [6.45, 7) is 2.40. The lowest BCUT2D eigenvalue weighted by Gasteiger charge is -2.39. The molecule has 0 amide bonds. The molecule has 3 N–H and O–H groups in total. The summed E-state index contributed by atoms with van der Waals surface area (Å²) in [5.74, 6) is 0. The van der Waals surface area contributed by atoms with Crippen LogP contribution in [0.5, 0.6) is 0 Å². The van der Waals surface area contributed by atoms with Crippen LogP contribution in [0.3, 0.4) is 0 Å². The summed E-state index contributed by atoms with van der Waals surface area (Å²) in [5, 5.41) is 17.5. The van der Waals surface area contributed by atoms with Crippen molar-refractivity contribution in [1.82, 2.24) is 10.6 Å². The molecule has 25 heavy (non-hydrogen) atoms. The van der Waals surface area contributed by atoms with E-state index in [0.717, 1.165) is 0 Å². The first kappa shape index (κ1) is 18.6. The number of hydrogen-bond acceptors (Lipinski definition) is 7. The van der Waals surface area contributed by atoms with Crippen LogP contribution in [0.25, 0.3) is 0 Å². The predicted octanol–water partition coefficient (Wildman–Crippen LogP) is -0.0686. The Hall–Kier alpha value is -1.22. The fourth-order valence-corrected chi connectivity index (χ4v) is 3.37. The molecule has 2 heterocycles. The maximum atomic E-state index is 10.8. The van der Waals surface area contributed by atoms with Crippen LogP contribution in [-0.4, -0.2) is 76.7 Å². The van der Waals surface area contributed by atoms with E-state index in [1.54, 1.807) is 7.11 Å². The molecule has 2 fully saturated rings. The molecule has 0 unspecified atom stereocenters. The Bertz CT molecular complexity index is 540. The molecular formula is C18H29N3O4. The highest BCUT2D eigenvalue weighted by atomic mass is 16.7. The van der Waals surface area contributed by atoms with Crippen molar-refractivity contribution < 1.29 is 19.3 Å². The highest BCUT2D eigenvalue weighted by molar-refractivity contribution is 5.45. The number of anilines is 1. The van der Waals surface area contributed by atoms with Gasteiger partial charge in [-0.3, -0.25) is 0 Å². The second-order valence-corrected chi connectivity index (χ2v) is 6.81. The molecular weight excluding hydrogens is 322 g/mol. The van der Waals surface area contributed by atoms with Gasteiger partial charge in [-0.15, -0.1) is 0 Å². The van der Waals surface area contributed by atoms with E-state index in [9.17, 15) is 5.11 Å². The van der Waals surface area contributed by atoms with Crippen molar-refractivity contribution >= 4 is 5.69 Å². The quantitative estimate of drug-likeness (QED) is 0.566. The van der Waals surface area contributed by atoms with Crippen LogP contribution in [0, 0.1) is 0 Å². The fourth-order valence-electron chi connectivity index (χ4n) is 3.37. The van der Waals surface area contributed by atoms with Crippen molar-refractivity contribution in [3.05, 3.63) is 29.8 Å². The molecule has 2 aliphatic heterocycles. The van der Waals surface area contributed by atoms with Gasteiger partial charge >= 0.3 is 0 Å². The molecule has 2 bridgehead atoms. The summed E-state index contributed by atoms with van der Waals surface area (Å²) in [6.07, 6.45) is -1.10. The molecule has 3 rings (SSSR count). The molecule has 7 heteroatoms. The van der Waals surface area contributed by atoms with Gasteiger partial charge in [-0.05, 0) is 17.7 Å². The van der Waals surface area contributed by atoms with Crippen LogP contribution >= 0.6 is 0 Å². The second-order valence-electron chi connectivity index (χ2n) is 6.81. The molecule has 140 valence electrons. The molecule has 0 aliphatic carbocycles. The molecule has 5 atom stereocenters. The van der Waals surface area contributed by atoms with Crippen molar-refractivity contribution in [1.29, 1.82) is 0 Å². The van der Waals surface area contributed by atoms with Gasteiger partial charge in [-0.1, -0.05) is 12.1 Å². The number of nitrogens with zero attached hydrogens (tertiary/aromatic N) is 1. The zero-order valence-corrected chi connectivity index (χ0v) is 15.1. The summed E-state index contributed by atoms with van der Waals surface area (Å²) in [6, 6.07) is 7.94. The molecule has 2 saturated heterocycles. The number of ether oxygens (including phenoxy) is 3. The Kier molecular flexibility index (Phi) is 6.27. The molecule has 0 spiro atoms. The van der Waals surface area contributed by atoms with Gasteiger partial charge < -0.3 is 34.9 Å². The van der Waals surface area contributed by atoms with Crippen molar-refractivity contribution in [2.75, 3.05) is 45.9 Å². The van der Waals surface area contributed by atoms with E-state index in [4.69, 9.17) is 14.2 Å². The Morgan fingerprint density at radius 1 is 1.20 bits per heavy atom. The smallest absolute Gasteiger partial charge is 0.176 e. The monoisotopic (exact) mass is 351 g/mol. The number of aliphatic hydroxyl groups excluding tert-OH is 1. The SMILES string of the molecule is COCCN[C@H]1[C@@H]2OC[C@H](O2)[C@H](NCc2ccc(N(C)C)cc2)[C@@H]1O. The average molecular weight is 351 g/mol. The van der Waals surface area contributed by atoms with Crippen LogP contribution in [0.4, 0.5) is 5.69 Å². The Balaban J connectivity index is 1.58. The highest BCUT2D eigenvalue weighted by Gasteiger charge is 2.49. The van der Waals surface area contributed by atoms with Crippen LogP contribution in [0.15, 0.2) is 24.3 Å². The van der Waals surface area contributed by atoms with Gasteiger partial charge in [0.25, 0.3) is 0 Å². The molecule has 7 nitrogen and oxygen atoms in total. The Morgan fingerprint density at radius 3 is 2.64 bits per heavy atom. The number of fused-ring (bicyclic) bond motifs is 2. The lowest BCUT2D eigenvalue weighted by atomic mass is 9.95. The number of aliphatic hydroxyl groups is 1. The van der Waals surface area contributed by atoms with E-state index < -0.39 is 12.4 Å². The van der Waals surface area contributed by atoms with E-state index in [0.29, 0.717) is 26.3 Å². The number of methoxy groups -OCH3 is 1. The lowest BCUT2D eigenvalue weighted by molar-refractivity contribution is -0.153. The summed E-state index contributed by atoms with van der Waals surface area (Å²) in [7, 11) is 5.70. The molecule has 1 aromatic rings. The van der Waals surface area contributed by atoms with E-state index in [2.05, 4.69) is 39.8 Å². The van der Waals surface area contributed by atoms with Gasteiger partial charge in [-0.2, -0.15) is 0 Å². The third-order valence-corrected chi connectivity index (χ3v) is 4.84. The third kappa shape index (κ3) is 4.31. The van der Waals surface area contributed by atoms with E-state index >= 15 is 0 Å². The summed E-state index contributed by atoms with van der Waals surface area (Å²) < 4.78 is 16.7. The molecule has 1 aromatic carbocycles. The first-order chi connectivity index (χ1) is 12.1. The van der Waals surface area contributed by atoms with E-state index in [1.165, 1.54) is 11.3 Å². The van der Waals surface area contributed by atoms with Crippen molar-refractivity contribution in [3.63, 3.8) is 0 Å². The molecule has 0 saturated carbocycles. The Morgan fingerprint density at radius 2 is 1.96 bits per heavy atom. The van der Waals surface area contributed by atoms with Crippen LogP contribution < -0.4 is 15.5 Å². The largest absolute Gasteiger partial charge is 0.390 e. The van der Waals surface area contributed by atoms with Crippen molar-refractivity contribution in [2.24, 2.45) is 0 Å². The standard InChI is InChI=1S/C18H29N3O4/c1-21(2)13-6-4-12(5-7-13)10-20-15-14-11-24-18(25-14)16(17(15)22)19-8-9-23-3/h4-7,14-20,22H,8-11H2,1-3H3/t14-,15-,16+,17-,18+/m0/s1. The van der Waals surface area contributed by atoms with Crippen LogP contribution in [0.2, 0.25) is 0 Å². The predicted molar refractivity (Wildman–Crippen MR) is 95.7 cm³/mol. The molecule has 2 aliphatic rings. The van der Waals surface area contributed by atoms with Crippen molar-refractivity contribution in [3.8, 4) is 0 Å². The Labute approximate surface area is 149 Å². The van der Waals surface area contributed by atoms with Crippen molar-refractivity contribution in [2.45, 2.75) is 37.1 Å². The summed E-state index contributed by atoms with van der Waals surface area (Å²) in [5.41, 5.74) is 2.34.